The molecule has 26 heavy (non-hydrogen) atoms. The highest BCUT2D eigenvalue weighted by Crippen LogP contribution is 2.31. The molecule has 2 aromatic carbocycles. The summed E-state index contributed by atoms with van der Waals surface area (Å²) in [5.41, 5.74) is 2.59. The molecule has 0 unspecified atom stereocenters. The largest absolute Gasteiger partial charge is 0.478 e. The third-order valence-electron chi connectivity index (χ3n) is 4.30. The van der Waals surface area contributed by atoms with E-state index in [2.05, 4.69) is 10.6 Å². The molecular weight excluding hydrogens is 356 g/mol. The van der Waals surface area contributed by atoms with Crippen molar-refractivity contribution in [2.24, 2.45) is 0 Å². The zero-order valence-corrected chi connectivity index (χ0v) is 15.0. The molecule has 0 spiro atoms. The van der Waals surface area contributed by atoms with Gasteiger partial charge in [0.05, 0.1) is 16.9 Å². The Morgan fingerprint density at radius 3 is 2.69 bits per heavy atom. The third kappa shape index (κ3) is 3.98. The fourth-order valence-corrected chi connectivity index (χ4v) is 3.05. The number of hydrogen-bond donors (Lipinski definition) is 3. The Morgan fingerprint density at radius 1 is 1.19 bits per heavy atom. The van der Waals surface area contributed by atoms with Gasteiger partial charge in [0.1, 0.15) is 6.10 Å². The second-order valence-electron chi connectivity index (χ2n) is 6.09. The van der Waals surface area contributed by atoms with Crippen molar-refractivity contribution in [1.82, 2.24) is 0 Å². The number of hydrogen-bond acceptors (Lipinski definition) is 4. The van der Waals surface area contributed by atoms with Gasteiger partial charge in [-0.2, -0.15) is 0 Å². The van der Waals surface area contributed by atoms with Crippen molar-refractivity contribution in [3.8, 4) is 0 Å². The highest BCUT2D eigenvalue weighted by atomic mass is 35.5. The first-order chi connectivity index (χ1) is 12.5. The molecule has 0 radical (unpaired) electrons. The molecule has 0 bridgehead atoms. The monoisotopic (exact) mass is 374 g/mol. The summed E-state index contributed by atoms with van der Waals surface area (Å²) in [4.78, 5) is 23.7. The third-order valence-corrected chi connectivity index (χ3v) is 4.53. The number of nitrogens with one attached hydrogen (secondary N) is 2. The van der Waals surface area contributed by atoms with Gasteiger partial charge in [-0.05, 0) is 55.7 Å². The number of amides is 1. The maximum atomic E-state index is 12.4. The molecule has 1 heterocycles. The van der Waals surface area contributed by atoms with E-state index in [0.717, 1.165) is 6.42 Å². The fraction of sp³-hybridized carbons (Fsp3) is 0.263. The highest BCUT2D eigenvalue weighted by molar-refractivity contribution is 6.31. The molecule has 1 saturated heterocycles. The lowest BCUT2D eigenvalue weighted by molar-refractivity contribution is -0.124. The predicted octanol–water partition coefficient (Wildman–Crippen LogP) is 4.21. The maximum Gasteiger partial charge on any atom is 0.336 e. The van der Waals surface area contributed by atoms with Gasteiger partial charge in [0, 0.05) is 17.3 Å². The average Bonchev–Trinajstić information content (AvgIpc) is 3.13. The van der Waals surface area contributed by atoms with E-state index in [1.54, 1.807) is 43.3 Å². The van der Waals surface area contributed by atoms with Gasteiger partial charge in [-0.15, -0.1) is 0 Å². The predicted molar refractivity (Wildman–Crippen MR) is 100 cm³/mol. The van der Waals surface area contributed by atoms with Crippen LogP contribution in [0.2, 0.25) is 5.02 Å². The van der Waals surface area contributed by atoms with E-state index >= 15 is 0 Å². The average molecular weight is 375 g/mol. The van der Waals surface area contributed by atoms with Gasteiger partial charge in [0.15, 0.2) is 0 Å². The summed E-state index contributed by atoms with van der Waals surface area (Å²) in [6, 6.07) is 10.1. The van der Waals surface area contributed by atoms with Crippen LogP contribution in [0.5, 0.6) is 0 Å². The lowest BCUT2D eigenvalue weighted by Gasteiger charge is -2.17. The zero-order valence-electron chi connectivity index (χ0n) is 14.2. The Bertz CT molecular complexity index is 847. The van der Waals surface area contributed by atoms with Crippen LogP contribution < -0.4 is 10.6 Å². The van der Waals surface area contributed by atoms with Crippen LogP contribution in [-0.2, 0) is 9.53 Å². The molecule has 1 fully saturated rings. The van der Waals surface area contributed by atoms with Crippen molar-refractivity contribution in [3.63, 3.8) is 0 Å². The molecule has 136 valence electrons. The Balaban J connectivity index is 1.87. The number of carboxylic acid groups (broad SMARTS) is 1. The van der Waals surface area contributed by atoms with E-state index in [1.807, 2.05) is 0 Å². The summed E-state index contributed by atoms with van der Waals surface area (Å²) < 4.78 is 5.41. The molecule has 1 aliphatic heterocycles. The number of carboxylic acids is 1. The number of rotatable bonds is 5. The van der Waals surface area contributed by atoms with Crippen LogP contribution in [0.3, 0.4) is 0 Å². The standard InChI is InChI=1S/C19H19ClN2O4/c1-11-13(19(24)25)4-2-5-14(11)21-15-8-7-12(20)10-16(15)22-18(23)17-6-3-9-26-17/h2,4-5,7-8,10,17,21H,3,6,9H2,1H3,(H,22,23)(H,24,25)/t17-/m1/s1. The molecule has 1 atom stereocenters. The SMILES string of the molecule is Cc1c(Nc2ccc(Cl)cc2NC(=O)[C@H]2CCCO2)cccc1C(=O)O. The minimum atomic E-state index is -0.992. The van der Waals surface area contributed by atoms with Crippen molar-refractivity contribution in [2.45, 2.75) is 25.9 Å². The van der Waals surface area contributed by atoms with Crippen LogP contribution in [0, 0.1) is 6.92 Å². The van der Waals surface area contributed by atoms with Crippen molar-refractivity contribution in [2.75, 3.05) is 17.2 Å². The smallest absolute Gasteiger partial charge is 0.336 e. The summed E-state index contributed by atoms with van der Waals surface area (Å²) in [5.74, 6) is -1.21. The molecule has 0 saturated carbocycles. The number of benzene rings is 2. The lowest BCUT2D eigenvalue weighted by atomic mass is 10.1. The molecule has 2 aromatic rings. The first-order valence-electron chi connectivity index (χ1n) is 8.27. The molecule has 6 nitrogen and oxygen atoms in total. The number of carbonyl (C=O) groups excluding carboxylic acids is 1. The van der Waals surface area contributed by atoms with E-state index in [4.69, 9.17) is 16.3 Å². The maximum absolute atomic E-state index is 12.4. The molecule has 3 N–H and O–H groups in total. The van der Waals surface area contributed by atoms with Gasteiger partial charge in [-0.3, -0.25) is 4.79 Å². The van der Waals surface area contributed by atoms with Crippen LogP contribution in [0.1, 0.15) is 28.8 Å². The number of anilines is 3. The fourth-order valence-electron chi connectivity index (χ4n) is 2.87. The molecule has 0 aromatic heterocycles. The molecular formula is C19H19ClN2O4. The molecule has 7 heteroatoms. The Morgan fingerprint density at radius 2 is 2.00 bits per heavy atom. The van der Waals surface area contributed by atoms with E-state index in [9.17, 15) is 14.7 Å². The van der Waals surface area contributed by atoms with Crippen LogP contribution in [-0.4, -0.2) is 29.7 Å². The van der Waals surface area contributed by atoms with Crippen LogP contribution in [0.25, 0.3) is 0 Å². The van der Waals surface area contributed by atoms with Crippen LogP contribution >= 0.6 is 11.6 Å². The summed E-state index contributed by atoms with van der Waals surface area (Å²) in [6.07, 6.45) is 1.09. The van der Waals surface area contributed by atoms with Crippen LogP contribution in [0.15, 0.2) is 36.4 Å². The van der Waals surface area contributed by atoms with E-state index in [0.29, 0.717) is 40.7 Å². The highest BCUT2D eigenvalue weighted by Gasteiger charge is 2.24. The van der Waals surface area contributed by atoms with Crippen LogP contribution in [0.4, 0.5) is 17.1 Å². The molecule has 1 aliphatic rings. The van der Waals surface area contributed by atoms with Crippen molar-refractivity contribution in [1.29, 1.82) is 0 Å². The van der Waals surface area contributed by atoms with Gasteiger partial charge in [0.25, 0.3) is 5.91 Å². The molecule has 3 rings (SSSR count). The first kappa shape index (κ1) is 18.2. The Hall–Kier alpha value is -2.57. The van der Waals surface area contributed by atoms with E-state index in [1.165, 1.54) is 0 Å². The molecule has 1 amide bonds. The minimum absolute atomic E-state index is 0.217. The lowest BCUT2D eigenvalue weighted by Crippen LogP contribution is -2.27. The van der Waals surface area contributed by atoms with Crippen molar-refractivity contribution >= 4 is 40.5 Å². The number of carbonyl (C=O) groups is 2. The van der Waals surface area contributed by atoms with Gasteiger partial charge >= 0.3 is 5.97 Å². The number of ether oxygens (including phenoxy) is 1. The second-order valence-corrected chi connectivity index (χ2v) is 6.53. The topological polar surface area (TPSA) is 87.7 Å². The number of halogens is 1. The Labute approximate surface area is 156 Å². The summed E-state index contributed by atoms with van der Waals surface area (Å²) >= 11 is 6.07. The number of aromatic carboxylic acids is 1. The molecule has 0 aliphatic carbocycles. The van der Waals surface area contributed by atoms with Gasteiger partial charge in [0.2, 0.25) is 0 Å². The van der Waals surface area contributed by atoms with Gasteiger partial charge < -0.3 is 20.5 Å². The van der Waals surface area contributed by atoms with Crippen molar-refractivity contribution < 1.29 is 19.4 Å². The quantitative estimate of drug-likeness (QED) is 0.729. The first-order valence-corrected chi connectivity index (χ1v) is 8.65. The van der Waals surface area contributed by atoms with Crippen molar-refractivity contribution in [3.05, 3.63) is 52.5 Å². The normalized spacial score (nSPS) is 16.3. The van der Waals surface area contributed by atoms with Gasteiger partial charge in [-0.1, -0.05) is 17.7 Å². The summed E-state index contributed by atoms with van der Waals surface area (Å²) in [7, 11) is 0. The Kier molecular flexibility index (Phi) is 5.44. The van der Waals surface area contributed by atoms with E-state index in [-0.39, 0.29) is 11.5 Å². The summed E-state index contributed by atoms with van der Waals surface area (Å²) in [6.45, 7) is 2.31. The van der Waals surface area contributed by atoms with Gasteiger partial charge in [-0.25, -0.2) is 4.79 Å². The van der Waals surface area contributed by atoms with E-state index < -0.39 is 12.1 Å². The minimum Gasteiger partial charge on any atom is -0.478 e. The zero-order chi connectivity index (χ0) is 18.7. The summed E-state index contributed by atoms with van der Waals surface area (Å²) in [5, 5.41) is 15.8. The second kappa shape index (κ2) is 7.76.